The van der Waals surface area contributed by atoms with Crippen LogP contribution in [-0.2, 0) is 0 Å². The van der Waals surface area contributed by atoms with E-state index in [4.69, 9.17) is 5.73 Å². The highest BCUT2D eigenvalue weighted by atomic mass is 35.5. The van der Waals surface area contributed by atoms with Gasteiger partial charge in [-0.15, -0.1) is 12.4 Å². The van der Waals surface area contributed by atoms with Crippen LogP contribution in [0.5, 0.6) is 0 Å². The van der Waals surface area contributed by atoms with Crippen LogP contribution in [0.25, 0.3) is 0 Å². The number of hydrogen-bond donors (Lipinski definition) is 1. The minimum atomic E-state index is 0. The average molecular weight is 150 g/mol. The molecule has 0 spiro atoms. The summed E-state index contributed by atoms with van der Waals surface area (Å²) in [5.74, 6) is 0. The van der Waals surface area contributed by atoms with Crippen molar-refractivity contribution in [2.45, 2.75) is 25.4 Å². The molecule has 0 aromatic heterocycles. The van der Waals surface area contributed by atoms with Gasteiger partial charge in [-0.2, -0.15) is 10.2 Å². The fraction of sp³-hybridized carbons (Fsp3) is 1.00. The largest absolute Gasteiger partial charge is 0.330 e. The van der Waals surface area contributed by atoms with Gasteiger partial charge < -0.3 is 5.73 Å². The molecule has 54 valence electrons. The number of rotatable bonds is 4. The Kier molecular flexibility index (Phi) is 4.62. The monoisotopic (exact) mass is 149 g/mol. The van der Waals surface area contributed by atoms with Crippen molar-refractivity contribution in [1.82, 2.24) is 0 Å². The second-order valence-corrected chi connectivity index (χ2v) is 2.00. The molecular weight excluding hydrogens is 138 g/mol. The van der Waals surface area contributed by atoms with E-state index in [1.807, 2.05) is 0 Å². The van der Waals surface area contributed by atoms with Gasteiger partial charge >= 0.3 is 0 Å². The minimum absolute atomic E-state index is 0. The first-order valence-corrected chi connectivity index (χ1v) is 3.03. The second-order valence-electron chi connectivity index (χ2n) is 2.00. The summed E-state index contributed by atoms with van der Waals surface area (Å²) < 4.78 is 0. The van der Waals surface area contributed by atoms with Crippen LogP contribution in [0.15, 0.2) is 10.2 Å². The van der Waals surface area contributed by atoms with Crippen molar-refractivity contribution in [3.8, 4) is 0 Å². The van der Waals surface area contributed by atoms with Gasteiger partial charge in [-0.05, 0) is 25.8 Å². The van der Waals surface area contributed by atoms with E-state index in [1.165, 1.54) is 6.42 Å². The highest BCUT2D eigenvalue weighted by molar-refractivity contribution is 5.85. The predicted molar refractivity (Wildman–Crippen MR) is 38.8 cm³/mol. The molecule has 9 heavy (non-hydrogen) atoms. The summed E-state index contributed by atoms with van der Waals surface area (Å²) in [6, 6.07) is 0. The SMILES string of the molecule is Cl.NCCCCC1N=N1. The smallest absolute Gasteiger partial charge is 0.181 e. The summed E-state index contributed by atoms with van der Waals surface area (Å²) >= 11 is 0. The van der Waals surface area contributed by atoms with Crippen molar-refractivity contribution in [1.29, 1.82) is 0 Å². The molecule has 0 bridgehead atoms. The third-order valence-electron chi connectivity index (χ3n) is 1.20. The van der Waals surface area contributed by atoms with Gasteiger partial charge in [-0.3, -0.25) is 0 Å². The Bertz CT molecular complexity index is 88.2. The lowest BCUT2D eigenvalue weighted by Crippen LogP contribution is -1.98. The standard InChI is InChI=1S/C5H11N3.ClH/c6-4-2-1-3-5-7-8-5;/h5H,1-4,6H2;1H. The molecule has 0 fully saturated rings. The van der Waals surface area contributed by atoms with Gasteiger partial charge in [0.05, 0.1) is 0 Å². The third kappa shape index (κ3) is 4.36. The van der Waals surface area contributed by atoms with Crippen molar-refractivity contribution in [3.05, 3.63) is 0 Å². The lowest BCUT2D eigenvalue weighted by molar-refractivity contribution is 0.669. The maximum absolute atomic E-state index is 5.27. The van der Waals surface area contributed by atoms with Crippen LogP contribution in [0, 0.1) is 0 Å². The fourth-order valence-corrected chi connectivity index (χ4v) is 0.634. The molecule has 1 aliphatic heterocycles. The van der Waals surface area contributed by atoms with Crippen molar-refractivity contribution in [2.24, 2.45) is 16.0 Å². The number of hydrogen-bond acceptors (Lipinski definition) is 3. The van der Waals surface area contributed by atoms with Crippen LogP contribution < -0.4 is 5.73 Å². The van der Waals surface area contributed by atoms with Gasteiger partial charge in [-0.25, -0.2) is 0 Å². The maximum atomic E-state index is 5.27. The van der Waals surface area contributed by atoms with Crippen molar-refractivity contribution in [2.75, 3.05) is 6.54 Å². The molecule has 0 aromatic carbocycles. The fourth-order valence-electron chi connectivity index (χ4n) is 0.634. The third-order valence-corrected chi connectivity index (χ3v) is 1.20. The summed E-state index contributed by atoms with van der Waals surface area (Å²) in [6.07, 6.45) is 3.74. The van der Waals surface area contributed by atoms with Crippen LogP contribution in [0.4, 0.5) is 0 Å². The van der Waals surface area contributed by atoms with Gasteiger partial charge in [0.1, 0.15) is 0 Å². The van der Waals surface area contributed by atoms with Crippen molar-refractivity contribution in [3.63, 3.8) is 0 Å². The summed E-state index contributed by atoms with van der Waals surface area (Å²) in [5, 5.41) is 7.52. The van der Waals surface area contributed by atoms with E-state index in [0.717, 1.165) is 19.4 Å². The van der Waals surface area contributed by atoms with Gasteiger partial charge in [0, 0.05) is 0 Å². The highest BCUT2D eigenvalue weighted by Crippen LogP contribution is 2.16. The van der Waals surface area contributed by atoms with Crippen LogP contribution in [-0.4, -0.2) is 12.7 Å². The maximum Gasteiger partial charge on any atom is 0.181 e. The van der Waals surface area contributed by atoms with Crippen LogP contribution in [0.3, 0.4) is 0 Å². The number of halogens is 1. The molecule has 0 aromatic rings. The first kappa shape index (κ1) is 8.85. The average Bonchev–Trinajstić information content (AvgIpc) is 2.51. The molecule has 0 saturated carbocycles. The minimum Gasteiger partial charge on any atom is -0.330 e. The van der Waals surface area contributed by atoms with Gasteiger partial charge in [0.15, 0.2) is 6.17 Å². The van der Waals surface area contributed by atoms with E-state index in [2.05, 4.69) is 10.2 Å². The zero-order valence-electron chi connectivity index (χ0n) is 5.29. The van der Waals surface area contributed by atoms with Crippen LogP contribution >= 0.6 is 12.4 Å². The van der Waals surface area contributed by atoms with Gasteiger partial charge in [0.25, 0.3) is 0 Å². The Labute approximate surface area is 61.1 Å². The zero-order chi connectivity index (χ0) is 5.82. The molecule has 1 heterocycles. The Morgan fingerprint density at radius 2 is 1.89 bits per heavy atom. The number of nitrogens with zero attached hydrogens (tertiary/aromatic N) is 2. The first-order chi connectivity index (χ1) is 3.93. The van der Waals surface area contributed by atoms with Gasteiger partial charge in [-0.1, -0.05) is 0 Å². The van der Waals surface area contributed by atoms with Gasteiger partial charge in [0.2, 0.25) is 0 Å². The second kappa shape index (κ2) is 4.70. The van der Waals surface area contributed by atoms with Crippen LogP contribution in [0.2, 0.25) is 0 Å². The molecule has 0 amide bonds. The number of unbranched alkanes of at least 4 members (excludes halogenated alkanes) is 1. The summed E-state index contributed by atoms with van der Waals surface area (Å²) in [4.78, 5) is 0. The van der Waals surface area contributed by atoms with E-state index in [0.29, 0.717) is 6.17 Å². The Balaban J connectivity index is 0.000000640. The molecule has 0 aliphatic carbocycles. The van der Waals surface area contributed by atoms with Crippen LogP contribution in [0.1, 0.15) is 19.3 Å². The van der Waals surface area contributed by atoms with E-state index in [-0.39, 0.29) is 12.4 Å². The first-order valence-electron chi connectivity index (χ1n) is 3.03. The Morgan fingerprint density at radius 3 is 2.33 bits per heavy atom. The topological polar surface area (TPSA) is 50.7 Å². The summed E-state index contributed by atoms with van der Waals surface area (Å²) in [7, 11) is 0. The molecule has 4 heteroatoms. The van der Waals surface area contributed by atoms with E-state index < -0.39 is 0 Å². The molecule has 2 N–H and O–H groups in total. The van der Waals surface area contributed by atoms with Crippen molar-refractivity contribution < 1.29 is 0 Å². The predicted octanol–water partition coefficient (Wildman–Crippen LogP) is 1.33. The van der Waals surface area contributed by atoms with E-state index in [9.17, 15) is 0 Å². The lowest BCUT2D eigenvalue weighted by atomic mass is 10.2. The highest BCUT2D eigenvalue weighted by Gasteiger charge is 2.13. The molecule has 1 aliphatic rings. The zero-order valence-corrected chi connectivity index (χ0v) is 6.10. The summed E-state index contributed by atoms with van der Waals surface area (Å²) in [6.45, 7) is 0.798. The molecule has 0 saturated heterocycles. The van der Waals surface area contributed by atoms with E-state index >= 15 is 0 Å². The molecule has 0 atom stereocenters. The normalized spacial score (nSPS) is 15.2. The van der Waals surface area contributed by atoms with E-state index in [1.54, 1.807) is 0 Å². The molecule has 1 rings (SSSR count). The van der Waals surface area contributed by atoms with Crippen molar-refractivity contribution >= 4 is 12.4 Å². The molecule has 3 nitrogen and oxygen atoms in total. The summed E-state index contributed by atoms with van der Waals surface area (Å²) in [5.41, 5.74) is 5.27. The lowest BCUT2D eigenvalue weighted by Gasteiger charge is -1.90. The molecule has 0 unspecified atom stereocenters. The quantitative estimate of drug-likeness (QED) is 0.603. The Morgan fingerprint density at radius 1 is 1.22 bits per heavy atom. The molecular formula is C5H12ClN3. The Hall–Kier alpha value is -0.150. The molecule has 0 radical (unpaired) electrons. The number of nitrogens with two attached hydrogens (primary N) is 1.